The van der Waals surface area contributed by atoms with Gasteiger partial charge in [-0.05, 0) is 30.0 Å². The molecule has 0 fully saturated rings. The maximum atomic E-state index is 11.4. The Morgan fingerprint density at radius 2 is 1.81 bits per heavy atom. The van der Waals surface area contributed by atoms with E-state index in [4.69, 9.17) is 5.14 Å². The topological polar surface area (TPSA) is 60.2 Å². The van der Waals surface area contributed by atoms with Crippen LogP contribution in [-0.4, -0.2) is 8.42 Å². The number of allylic oxidation sites excluding steroid dienone is 2. The molecule has 0 amide bonds. The molecule has 0 spiro atoms. The van der Waals surface area contributed by atoms with Crippen LogP contribution in [0.15, 0.2) is 48.4 Å². The summed E-state index contributed by atoms with van der Waals surface area (Å²) < 4.78 is 22.8. The summed E-state index contributed by atoms with van der Waals surface area (Å²) in [6, 6.07) is 5.23. The van der Waals surface area contributed by atoms with Crippen molar-refractivity contribution >= 4 is 10.0 Å². The van der Waals surface area contributed by atoms with E-state index in [0.717, 1.165) is 5.56 Å². The van der Waals surface area contributed by atoms with Gasteiger partial charge in [-0.1, -0.05) is 24.3 Å². The lowest BCUT2D eigenvalue weighted by atomic mass is 10.1. The van der Waals surface area contributed by atoms with E-state index in [-0.39, 0.29) is 4.90 Å². The zero-order valence-electron chi connectivity index (χ0n) is 9.02. The smallest absolute Gasteiger partial charge is 0.225 e. The van der Waals surface area contributed by atoms with E-state index >= 15 is 0 Å². The highest BCUT2D eigenvalue weighted by Crippen LogP contribution is 2.18. The number of nitrogens with two attached hydrogens (primary N) is 1. The Hall–Kier alpha value is -1.39. The van der Waals surface area contributed by atoms with Gasteiger partial charge >= 0.3 is 0 Å². The van der Waals surface area contributed by atoms with Gasteiger partial charge in [-0.3, -0.25) is 0 Å². The van der Waals surface area contributed by atoms with Gasteiger partial charge in [0.1, 0.15) is 0 Å². The van der Waals surface area contributed by atoms with Crippen molar-refractivity contribution in [2.45, 2.75) is 17.7 Å². The van der Waals surface area contributed by atoms with Crippen molar-refractivity contribution in [2.75, 3.05) is 0 Å². The van der Waals surface area contributed by atoms with Gasteiger partial charge in [0.05, 0.1) is 4.90 Å². The van der Waals surface area contributed by atoms with Gasteiger partial charge in [0, 0.05) is 0 Å². The van der Waals surface area contributed by atoms with Crippen molar-refractivity contribution in [3.8, 4) is 0 Å². The first-order valence-electron chi connectivity index (χ1n) is 4.85. The molecule has 1 aromatic rings. The normalized spacial score (nSPS) is 11.1. The third-order valence-corrected chi connectivity index (χ3v) is 3.18. The van der Waals surface area contributed by atoms with Crippen LogP contribution in [-0.2, 0) is 22.9 Å². The highest BCUT2D eigenvalue weighted by molar-refractivity contribution is 7.89. The molecule has 0 saturated heterocycles. The first-order chi connectivity index (χ1) is 7.49. The summed E-state index contributed by atoms with van der Waals surface area (Å²) in [4.78, 5) is 0.173. The van der Waals surface area contributed by atoms with E-state index in [0.29, 0.717) is 18.4 Å². The first-order valence-corrected chi connectivity index (χ1v) is 6.40. The SMILES string of the molecule is C=CCc1ccc(CC=C)c(S(N)(=O)=O)c1. The molecule has 0 bridgehead atoms. The number of hydrogen-bond acceptors (Lipinski definition) is 2. The lowest BCUT2D eigenvalue weighted by molar-refractivity contribution is 0.597. The molecular formula is C12H15NO2S. The molecule has 1 rings (SSSR count). The van der Waals surface area contributed by atoms with Crippen LogP contribution < -0.4 is 5.14 Å². The third kappa shape index (κ3) is 3.05. The van der Waals surface area contributed by atoms with Crippen molar-refractivity contribution in [1.29, 1.82) is 0 Å². The molecule has 0 aliphatic carbocycles. The minimum absolute atomic E-state index is 0.173. The van der Waals surface area contributed by atoms with Crippen LogP contribution in [0.2, 0.25) is 0 Å². The lowest BCUT2D eigenvalue weighted by Gasteiger charge is -2.07. The second-order valence-electron chi connectivity index (χ2n) is 3.47. The van der Waals surface area contributed by atoms with Gasteiger partial charge in [0.2, 0.25) is 10.0 Å². The summed E-state index contributed by atoms with van der Waals surface area (Å²) >= 11 is 0. The molecule has 0 unspecified atom stereocenters. The zero-order valence-corrected chi connectivity index (χ0v) is 9.83. The van der Waals surface area contributed by atoms with Crippen LogP contribution in [0.3, 0.4) is 0 Å². The second kappa shape index (κ2) is 5.09. The summed E-state index contributed by atoms with van der Waals surface area (Å²) in [6.45, 7) is 7.20. The molecule has 0 saturated carbocycles. The Bertz CT molecular complexity index is 504. The molecule has 0 aliphatic heterocycles. The van der Waals surface area contributed by atoms with E-state index in [1.54, 1.807) is 24.3 Å². The summed E-state index contributed by atoms with van der Waals surface area (Å²) in [7, 11) is -3.68. The van der Waals surface area contributed by atoms with Gasteiger partial charge < -0.3 is 0 Å². The average molecular weight is 237 g/mol. The van der Waals surface area contributed by atoms with Gasteiger partial charge in [-0.15, -0.1) is 13.2 Å². The number of rotatable bonds is 5. The third-order valence-electron chi connectivity index (χ3n) is 2.18. The number of hydrogen-bond donors (Lipinski definition) is 1. The highest BCUT2D eigenvalue weighted by atomic mass is 32.2. The quantitative estimate of drug-likeness (QED) is 0.794. The van der Waals surface area contributed by atoms with Gasteiger partial charge in [-0.2, -0.15) is 0 Å². The summed E-state index contributed by atoms with van der Waals surface area (Å²) in [6.07, 6.45) is 4.48. The molecular weight excluding hydrogens is 222 g/mol. The summed E-state index contributed by atoms with van der Waals surface area (Å²) in [5, 5.41) is 5.16. The zero-order chi connectivity index (χ0) is 12.2. The van der Waals surface area contributed by atoms with Gasteiger partial charge in [0.15, 0.2) is 0 Å². The predicted octanol–water partition coefficient (Wildman–Crippen LogP) is 1.79. The molecule has 4 heteroatoms. The molecule has 86 valence electrons. The highest BCUT2D eigenvalue weighted by Gasteiger charge is 2.13. The second-order valence-corrected chi connectivity index (χ2v) is 5.00. The molecule has 0 aliphatic rings. The summed E-state index contributed by atoms with van der Waals surface area (Å²) in [5.41, 5.74) is 1.55. The first kappa shape index (κ1) is 12.7. The monoisotopic (exact) mass is 237 g/mol. The molecule has 0 aromatic heterocycles. The molecule has 0 heterocycles. The standard InChI is InChI=1S/C12H15NO2S/c1-3-5-10-7-8-11(6-4-2)12(9-10)16(13,14)15/h3-4,7-9H,1-2,5-6H2,(H2,13,14,15). The van der Waals surface area contributed by atoms with Crippen LogP contribution in [0.25, 0.3) is 0 Å². The van der Waals surface area contributed by atoms with Crippen molar-refractivity contribution in [2.24, 2.45) is 5.14 Å². The number of sulfonamides is 1. The lowest BCUT2D eigenvalue weighted by Crippen LogP contribution is -2.14. The van der Waals surface area contributed by atoms with E-state index < -0.39 is 10.0 Å². The van der Waals surface area contributed by atoms with Gasteiger partial charge in [-0.25, -0.2) is 13.6 Å². The molecule has 0 radical (unpaired) electrons. The van der Waals surface area contributed by atoms with Crippen molar-refractivity contribution < 1.29 is 8.42 Å². The van der Waals surface area contributed by atoms with Crippen molar-refractivity contribution in [1.82, 2.24) is 0 Å². The number of primary sulfonamides is 1. The Morgan fingerprint density at radius 1 is 1.19 bits per heavy atom. The average Bonchev–Trinajstić information content (AvgIpc) is 2.19. The van der Waals surface area contributed by atoms with E-state index in [1.807, 2.05) is 6.07 Å². The number of benzene rings is 1. The van der Waals surface area contributed by atoms with Crippen LogP contribution in [0.1, 0.15) is 11.1 Å². The van der Waals surface area contributed by atoms with E-state index in [9.17, 15) is 8.42 Å². The van der Waals surface area contributed by atoms with Crippen molar-refractivity contribution in [3.05, 3.63) is 54.6 Å². The van der Waals surface area contributed by atoms with Crippen LogP contribution >= 0.6 is 0 Å². The van der Waals surface area contributed by atoms with Gasteiger partial charge in [0.25, 0.3) is 0 Å². The predicted molar refractivity (Wildman–Crippen MR) is 65.6 cm³/mol. The minimum atomic E-state index is -3.68. The Labute approximate surface area is 96.3 Å². The fourth-order valence-corrected chi connectivity index (χ4v) is 2.31. The molecule has 2 N–H and O–H groups in total. The molecule has 1 aromatic carbocycles. The Kier molecular flexibility index (Phi) is 4.04. The maximum Gasteiger partial charge on any atom is 0.238 e. The molecule has 0 atom stereocenters. The minimum Gasteiger partial charge on any atom is -0.225 e. The molecule has 16 heavy (non-hydrogen) atoms. The van der Waals surface area contributed by atoms with Crippen molar-refractivity contribution in [3.63, 3.8) is 0 Å². The summed E-state index contributed by atoms with van der Waals surface area (Å²) in [5.74, 6) is 0. The Balaban J connectivity index is 3.32. The van der Waals surface area contributed by atoms with Crippen LogP contribution in [0.4, 0.5) is 0 Å². The van der Waals surface area contributed by atoms with E-state index in [1.165, 1.54) is 0 Å². The van der Waals surface area contributed by atoms with E-state index in [2.05, 4.69) is 13.2 Å². The fourth-order valence-electron chi connectivity index (χ4n) is 1.48. The fraction of sp³-hybridized carbons (Fsp3) is 0.167. The maximum absolute atomic E-state index is 11.4. The Morgan fingerprint density at radius 3 is 2.31 bits per heavy atom. The van der Waals surface area contributed by atoms with Crippen LogP contribution in [0.5, 0.6) is 0 Å². The largest absolute Gasteiger partial charge is 0.238 e. The van der Waals surface area contributed by atoms with Crippen LogP contribution in [0, 0.1) is 0 Å². The molecule has 3 nitrogen and oxygen atoms in total.